The Bertz CT molecular complexity index is 631. The summed E-state index contributed by atoms with van der Waals surface area (Å²) >= 11 is 0. The van der Waals surface area contributed by atoms with E-state index in [0.29, 0.717) is 19.4 Å². The normalized spacial score (nSPS) is 20.7. The maximum atomic E-state index is 12.6. The highest BCUT2D eigenvalue weighted by Crippen LogP contribution is 2.45. The molecule has 124 valence electrons. The minimum absolute atomic E-state index is 0.0138. The average Bonchev–Trinajstić information content (AvgIpc) is 3.09. The number of hydrogen-bond donors (Lipinski definition) is 0. The van der Waals surface area contributed by atoms with Gasteiger partial charge < -0.3 is 14.2 Å². The largest absolute Gasteiger partial charge is 0.465 e. The maximum Gasteiger partial charge on any atom is 0.324 e. The Labute approximate surface area is 135 Å². The Kier molecular flexibility index (Phi) is 4.15. The smallest absolute Gasteiger partial charge is 0.324 e. The summed E-state index contributed by atoms with van der Waals surface area (Å²) in [5.74, 6) is -0.982. The highest BCUT2D eigenvalue weighted by molar-refractivity contribution is 6.01. The third-order valence-corrected chi connectivity index (χ3v) is 4.74. The summed E-state index contributed by atoms with van der Waals surface area (Å²) in [6.07, 6.45) is 0.650. The lowest BCUT2D eigenvalue weighted by atomic mass is 9.84. The number of ether oxygens (including phenoxy) is 3. The van der Waals surface area contributed by atoms with E-state index < -0.39 is 17.4 Å². The van der Waals surface area contributed by atoms with Crippen LogP contribution >= 0.6 is 0 Å². The molecule has 0 spiro atoms. The van der Waals surface area contributed by atoms with E-state index in [1.807, 2.05) is 19.1 Å². The van der Waals surface area contributed by atoms with Crippen LogP contribution in [0.4, 0.5) is 0 Å². The van der Waals surface area contributed by atoms with E-state index in [0.717, 1.165) is 22.3 Å². The quantitative estimate of drug-likeness (QED) is 0.630. The molecule has 0 aromatic heterocycles. The second-order valence-electron chi connectivity index (χ2n) is 6.11. The van der Waals surface area contributed by atoms with E-state index >= 15 is 0 Å². The molecule has 1 unspecified atom stereocenters. The molecule has 1 aromatic rings. The summed E-state index contributed by atoms with van der Waals surface area (Å²) in [7, 11) is 0. The molecule has 0 bridgehead atoms. The zero-order valence-corrected chi connectivity index (χ0v) is 13.8. The van der Waals surface area contributed by atoms with Crippen molar-refractivity contribution in [2.45, 2.75) is 46.3 Å². The van der Waals surface area contributed by atoms with Crippen LogP contribution < -0.4 is 0 Å². The SMILES string of the molecule is CCOC(=O)C1(C(=O)OCC)Cc2ccc3c(c2C1)C(C)OC3. The Balaban J connectivity index is 2.03. The second-order valence-corrected chi connectivity index (χ2v) is 6.11. The molecule has 1 aromatic carbocycles. The number of rotatable bonds is 4. The van der Waals surface area contributed by atoms with Gasteiger partial charge in [-0.05, 0) is 49.4 Å². The Morgan fingerprint density at radius 2 is 1.74 bits per heavy atom. The van der Waals surface area contributed by atoms with Crippen LogP contribution in [0.25, 0.3) is 0 Å². The summed E-state index contributed by atoms with van der Waals surface area (Å²) in [4.78, 5) is 25.2. The molecule has 0 amide bonds. The molecule has 5 heteroatoms. The summed E-state index contributed by atoms with van der Waals surface area (Å²) < 4.78 is 16.1. The molecule has 0 fully saturated rings. The van der Waals surface area contributed by atoms with Crippen LogP contribution in [-0.2, 0) is 43.2 Å². The Morgan fingerprint density at radius 1 is 1.13 bits per heavy atom. The first-order valence-electron chi connectivity index (χ1n) is 8.13. The highest BCUT2D eigenvalue weighted by atomic mass is 16.6. The maximum absolute atomic E-state index is 12.6. The molecule has 0 saturated heterocycles. The van der Waals surface area contributed by atoms with Crippen molar-refractivity contribution >= 4 is 11.9 Å². The summed E-state index contributed by atoms with van der Waals surface area (Å²) in [6, 6.07) is 4.03. The van der Waals surface area contributed by atoms with Crippen molar-refractivity contribution in [3.8, 4) is 0 Å². The first-order valence-corrected chi connectivity index (χ1v) is 8.13. The zero-order chi connectivity index (χ0) is 16.6. The van der Waals surface area contributed by atoms with E-state index in [1.54, 1.807) is 13.8 Å². The molecule has 5 nitrogen and oxygen atoms in total. The fourth-order valence-corrected chi connectivity index (χ4v) is 3.66. The van der Waals surface area contributed by atoms with Crippen LogP contribution in [0.15, 0.2) is 12.1 Å². The van der Waals surface area contributed by atoms with Crippen LogP contribution in [0.1, 0.15) is 49.1 Å². The third kappa shape index (κ3) is 2.43. The van der Waals surface area contributed by atoms with Crippen molar-refractivity contribution < 1.29 is 23.8 Å². The monoisotopic (exact) mass is 318 g/mol. The molecule has 1 atom stereocenters. The molecular weight excluding hydrogens is 296 g/mol. The second kappa shape index (κ2) is 5.96. The van der Waals surface area contributed by atoms with Crippen molar-refractivity contribution in [1.82, 2.24) is 0 Å². The van der Waals surface area contributed by atoms with Crippen LogP contribution in [-0.4, -0.2) is 25.2 Å². The average molecular weight is 318 g/mol. The van der Waals surface area contributed by atoms with Crippen LogP contribution in [0, 0.1) is 5.41 Å². The highest BCUT2D eigenvalue weighted by Gasteiger charge is 2.54. The van der Waals surface area contributed by atoms with Gasteiger partial charge in [0.1, 0.15) is 0 Å². The van der Waals surface area contributed by atoms with Crippen molar-refractivity contribution in [3.05, 3.63) is 34.4 Å². The van der Waals surface area contributed by atoms with E-state index in [2.05, 4.69) is 0 Å². The van der Waals surface area contributed by atoms with Gasteiger partial charge in [-0.1, -0.05) is 12.1 Å². The molecule has 2 aliphatic rings. The fourth-order valence-electron chi connectivity index (χ4n) is 3.66. The van der Waals surface area contributed by atoms with Crippen molar-refractivity contribution in [3.63, 3.8) is 0 Å². The number of fused-ring (bicyclic) bond motifs is 3. The standard InChI is InChI=1S/C18H22O5/c1-4-21-16(19)18(17(20)22-5-2)8-12-6-7-13-10-23-11(3)15(13)14(12)9-18/h6-7,11H,4-5,8-10H2,1-3H3. The minimum Gasteiger partial charge on any atom is -0.465 e. The lowest BCUT2D eigenvalue weighted by Gasteiger charge is -2.24. The number of carbonyl (C=O) groups is 2. The summed E-state index contributed by atoms with van der Waals surface area (Å²) in [5, 5.41) is 0. The van der Waals surface area contributed by atoms with Crippen LogP contribution in [0.2, 0.25) is 0 Å². The lowest BCUT2D eigenvalue weighted by Crippen LogP contribution is -2.43. The molecule has 0 N–H and O–H groups in total. The van der Waals surface area contributed by atoms with Gasteiger partial charge in [-0.3, -0.25) is 9.59 Å². The fraction of sp³-hybridized carbons (Fsp3) is 0.556. The molecular formula is C18H22O5. The molecule has 1 aliphatic carbocycles. The van der Waals surface area contributed by atoms with Gasteiger partial charge in [0, 0.05) is 6.42 Å². The Morgan fingerprint density at radius 3 is 2.35 bits per heavy atom. The van der Waals surface area contributed by atoms with Gasteiger partial charge in [0.2, 0.25) is 0 Å². The van der Waals surface area contributed by atoms with E-state index in [1.165, 1.54) is 0 Å². The van der Waals surface area contributed by atoms with Crippen LogP contribution in [0.3, 0.4) is 0 Å². The molecule has 1 heterocycles. The predicted molar refractivity (Wildman–Crippen MR) is 82.8 cm³/mol. The molecule has 23 heavy (non-hydrogen) atoms. The minimum atomic E-state index is -1.26. The summed E-state index contributed by atoms with van der Waals surface area (Å²) in [5.41, 5.74) is 3.07. The van der Waals surface area contributed by atoms with Gasteiger partial charge in [-0.25, -0.2) is 0 Å². The first-order chi connectivity index (χ1) is 11.0. The molecule has 1 aliphatic heterocycles. The van der Waals surface area contributed by atoms with Crippen molar-refractivity contribution in [1.29, 1.82) is 0 Å². The number of esters is 2. The van der Waals surface area contributed by atoms with Gasteiger partial charge in [0.05, 0.1) is 25.9 Å². The first kappa shape index (κ1) is 16.0. The molecule has 3 rings (SSSR count). The topological polar surface area (TPSA) is 61.8 Å². The van der Waals surface area contributed by atoms with E-state index in [9.17, 15) is 9.59 Å². The Hall–Kier alpha value is -1.88. The van der Waals surface area contributed by atoms with Gasteiger partial charge in [0.25, 0.3) is 0 Å². The van der Waals surface area contributed by atoms with Gasteiger partial charge in [-0.15, -0.1) is 0 Å². The van der Waals surface area contributed by atoms with Crippen LogP contribution in [0.5, 0.6) is 0 Å². The van der Waals surface area contributed by atoms with Crippen molar-refractivity contribution in [2.75, 3.05) is 13.2 Å². The molecule has 0 saturated carbocycles. The predicted octanol–water partition coefficient (Wildman–Crippen LogP) is 2.49. The number of benzene rings is 1. The summed E-state index contributed by atoms with van der Waals surface area (Å²) in [6.45, 7) is 6.55. The third-order valence-electron chi connectivity index (χ3n) is 4.74. The van der Waals surface area contributed by atoms with Crippen molar-refractivity contribution in [2.24, 2.45) is 5.41 Å². The number of carbonyl (C=O) groups excluding carboxylic acids is 2. The van der Waals surface area contributed by atoms with E-state index in [-0.39, 0.29) is 19.3 Å². The lowest BCUT2D eigenvalue weighted by molar-refractivity contribution is -0.171. The van der Waals surface area contributed by atoms with Gasteiger partial charge in [-0.2, -0.15) is 0 Å². The number of hydrogen-bond acceptors (Lipinski definition) is 5. The van der Waals surface area contributed by atoms with E-state index in [4.69, 9.17) is 14.2 Å². The zero-order valence-electron chi connectivity index (χ0n) is 13.8. The van der Waals surface area contributed by atoms with Gasteiger partial charge in [0.15, 0.2) is 5.41 Å². The van der Waals surface area contributed by atoms with Gasteiger partial charge >= 0.3 is 11.9 Å². The molecule has 0 radical (unpaired) electrons.